The molecule has 96 valence electrons. The monoisotopic (exact) mass is 264 g/mol. The predicted molar refractivity (Wildman–Crippen MR) is 71.8 cm³/mol. The summed E-state index contributed by atoms with van der Waals surface area (Å²) in [4.78, 5) is 2.30. The van der Waals surface area contributed by atoms with Crippen molar-refractivity contribution in [2.24, 2.45) is 0 Å². The summed E-state index contributed by atoms with van der Waals surface area (Å²) < 4.78 is 5.91. The van der Waals surface area contributed by atoms with Gasteiger partial charge in [0.15, 0.2) is 0 Å². The standard InChI is InChI=1S/C14H17ClN2O/c1-11(6-8-16)17-9-7-12(10-17)18-14-5-3-2-4-13(14)15/h2-5,11-12H,6-7,9-10H2,1H3/t11-,12+/m1/s1. The van der Waals surface area contributed by atoms with Crippen LogP contribution in [0.5, 0.6) is 5.75 Å². The van der Waals surface area contributed by atoms with Gasteiger partial charge in [0.1, 0.15) is 11.9 Å². The van der Waals surface area contributed by atoms with Crippen molar-refractivity contribution in [1.82, 2.24) is 4.90 Å². The average molecular weight is 265 g/mol. The summed E-state index contributed by atoms with van der Waals surface area (Å²) in [6, 6.07) is 10.1. The van der Waals surface area contributed by atoms with Crippen LogP contribution in [0.4, 0.5) is 0 Å². The normalized spacial score (nSPS) is 21.5. The Hall–Kier alpha value is -1.24. The quantitative estimate of drug-likeness (QED) is 0.838. The second kappa shape index (κ2) is 6.08. The van der Waals surface area contributed by atoms with Crippen LogP contribution in [0.1, 0.15) is 19.8 Å². The molecule has 1 aliphatic heterocycles. The van der Waals surface area contributed by atoms with Crippen LogP contribution in [-0.4, -0.2) is 30.1 Å². The number of benzene rings is 1. The van der Waals surface area contributed by atoms with Gasteiger partial charge in [-0.25, -0.2) is 0 Å². The summed E-state index contributed by atoms with van der Waals surface area (Å²) in [6.45, 7) is 3.94. The largest absolute Gasteiger partial charge is 0.487 e. The van der Waals surface area contributed by atoms with Crippen LogP contribution in [0.2, 0.25) is 5.02 Å². The van der Waals surface area contributed by atoms with Gasteiger partial charge in [0, 0.05) is 19.1 Å². The topological polar surface area (TPSA) is 36.3 Å². The van der Waals surface area contributed by atoms with Crippen molar-refractivity contribution in [3.05, 3.63) is 29.3 Å². The first-order chi connectivity index (χ1) is 8.70. The number of halogens is 1. The molecule has 1 aromatic carbocycles. The van der Waals surface area contributed by atoms with E-state index in [4.69, 9.17) is 21.6 Å². The molecule has 1 saturated heterocycles. The Bertz CT molecular complexity index is 444. The van der Waals surface area contributed by atoms with Gasteiger partial charge in [0.2, 0.25) is 0 Å². The van der Waals surface area contributed by atoms with E-state index in [2.05, 4.69) is 17.9 Å². The Morgan fingerprint density at radius 3 is 3.06 bits per heavy atom. The highest BCUT2D eigenvalue weighted by Crippen LogP contribution is 2.27. The first kappa shape index (κ1) is 13.2. The lowest BCUT2D eigenvalue weighted by Crippen LogP contribution is -2.32. The highest BCUT2D eigenvalue weighted by molar-refractivity contribution is 6.32. The summed E-state index contributed by atoms with van der Waals surface area (Å²) in [5.74, 6) is 0.749. The number of ether oxygens (including phenoxy) is 1. The molecule has 0 radical (unpaired) electrons. The van der Waals surface area contributed by atoms with Gasteiger partial charge in [-0.1, -0.05) is 23.7 Å². The fourth-order valence-electron chi connectivity index (χ4n) is 2.23. The molecule has 0 saturated carbocycles. The van der Waals surface area contributed by atoms with Crippen LogP contribution in [0.25, 0.3) is 0 Å². The highest BCUT2D eigenvalue weighted by atomic mass is 35.5. The Kier molecular flexibility index (Phi) is 4.46. The van der Waals surface area contributed by atoms with Gasteiger partial charge in [-0.15, -0.1) is 0 Å². The third kappa shape index (κ3) is 3.16. The maximum atomic E-state index is 8.71. The molecule has 1 aliphatic rings. The minimum Gasteiger partial charge on any atom is -0.487 e. The van der Waals surface area contributed by atoms with Gasteiger partial charge < -0.3 is 4.74 Å². The fraction of sp³-hybridized carbons (Fsp3) is 0.500. The number of hydrogen-bond acceptors (Lipinski definition) is 3. The van der Waals surface area contributed by atoms with Crippen molar-refractivity contribution < 1.29 is 4.74 Å². The van der Waals surface area contributed by atoms with E-state index >= 15 is 0 Å². The lowest BCUT2D eigenvalue weighted by atomic mass is 10.2. The van der Waals surface area contributed by atoms with Gasteiger partial charge in [0.05, 0.1) is 17.5 Å². The van der Waals surface area contributed by atoms with Crippen molar-refractivity contribution in [3.8, 4) is 11.8 Å². The van der Waals surface area contributed by atoms with Crippen LogP contribution >= 0.6 is 11.6 Å². The zero-order valence-electron chi connectivity index (χ0n) is 10.5. The Morgan fingerprint density at radius 2 is 2.33 bits per heavy atom. The third-order valence-electron chi connectivity index (χ3n) is 3.32. The molecule has 0 aromatic heterocycles. The van der Waals surface area contributed by atoms with Crippen molar-refractivity contribution in [2.45, 2.75) is 31.9 Å². The zero-order chi connectivity index (χ0) is 13.0. The highest BCUT2D eigenvalue weighted by Gasteiger charge is 2.27. The van der Waals surface area contributed by atoms with Gasteiger partial charge in [-0.3, -0.25) is 4.90 Å². The molecular formula is C14H17ClN2O. The molecule has 0 unspecified atom stereocenters. The minimum absolute atomic E-state index is 0.172. The molecule has 0 N–H and O–H groups in total. The van der Waals surface area contributed by atoms with E-state index in [-0.39, 0.29) is 6.10 Å². The number of nitrogens with zero attached hydrogens (tertiary/aromatic N) is 2. The first-order valence-electron chi connectivity index (χ1n) is 6.23. The van der Waals surface area contributed by atoms with Gasteiger partial charge in [-0.2, -0.15) is 5.26 Å². The number of hydrogen-bond donors (Lipinski definition) is 0. The predicted octanol–water partition coefficient (Wildman–Crippen LogP) is 3.10. The molecule has 1 heterocycles. The van der Waals surface area contributed by atoms with Crippen LogP contribution in [0.15, 0.2) is 24.3 Å². The minimum atomic E-state index is 0.172. The Morgan fingerprint density at radius 1 is 1.56 bits per heavy atom. The summed E-state index contributed by atoms with van der Waals surface area (Å²) in [5, 5.41) is 9.36. The molecule has 1 aromatic rings. The summed E-state index contributed by atoms with van der Waals surface area (Å²) in [7, 11) is 0. The molecule has 2 rings (SSSR count). The summed E-state index contributed by atoms with van der Waals surface area (Å²) >= 11 is 6.07. The van der Waals surface area contributed by atoms with Crippen LogP contribution < -0.4 is 4.74 Å². The van der Waals surface area contributed by atoms with E-state index in [0.29, 0.717) is 17.5 Å². The second-order valence-corrected chi connectivity index (χ2v) is 5.07. The number of likely N-dealkylation sites (tertiary alicyclic amines) is 1. The first-order valence-corrected chi connectivity index (χ1v) is 6.60. The molecule has 18 heavy (non-hydrogen) atoms. The van der Waals surface area contributed by atoms with E-state index in [0.717, 1.165) is 25.3 Å². The van der Waals surface area contributed by atoms with E-state index in [1.54, 1.807) is 0 Å². The van der Waals surface area contributed by atoms with E-state index in [9.17, 15) is 0 Å². The van der Waals surface area contributed by atoms with Crippen molar-refractivity contribution >= 4 is 11.6 Å². The second-order valence-electron chi connectivity index (χ2n) is 4.67. The molecule has 0 aliphatic carbocycles. The molecule has 0 spiro atoms. The average Bonchev–Trinajstić information content (AvgIpc) is 2.81. The number of nitriles is 1. The summed E-state index contributed by atoms with van der Waals surface area (Å²) in [5.41, 5.74) is 0. The molecule has 0 amide bonds. The molecule has 2 atom stereocenters. The van der Waals surface area contributed by atoms with E-state index in [1.165, 1.54) is 0 Å². The third-order valence-corrected chi connectivity index (χ3v) is 3.63. The van der Waals surface area contributed by atoms with Gasteiger partial charge in [0.25, 0.3) is 0 Å². The maximum Gasteiger partial charge on any atom is 0.138 e. The molecular weight excluding hydrogens is 248 g/mol. The van der Waals surface area contributed by atoms with E-state index in [1.807, 2.05) is 24.3 Å². The van der Waals surface area contributed by atoms with Crippen molar-refractivity contribution in [2.75, 3.05) is 13.1 Å². The maximum absolute atomic E-state index is 8.71. The number of rotatable bonds is 4. The molecule has 0 bridgehead atoms. The zero-order valence-corrected chi connectivity index (χ0v) is 11.2. The Labute approximate surface area is 113 Å². The Balaban J connectivity index is 1.90. The van der Waals surface area contributed by atoms with Crippen molar-refractivity contribution in [1.29, 1.82) is 5.26 Å². The SMILES string of the molecule is C[C@H](CC#N)N1CC[C@H](Oc2ccccc2Cl)C1. The lowest BCUT2D eigenvalue weighted by molar-refractivity contribution is 0.183. The van der Waals surface area contributed by atoms with E-state index < -0.39 is 0 Å². The summed E-state index contributed by atoms with van der Waals surface area (Å²) in [6.07, 6.45) is 1.73. The van der Waals surface area contributed by atoms with Gasteiger partial charge >= 0.3 is 0 Å². The lowest BCUT2D eigenvalue weighted by Gasteiger charge is -2.22. The fourth-order valence-corrected chi connectivity index (χ4v) is 2.41. The van der Waals surface area contributed by atoms with Gasteiger partial charge in [-0.05, 0) is 25.5 Å². The van der Waals surface area contributed by atoms with Crippen LogP contribution in [0, 0.1) is 11.3 Å². The van der Waals surface area contributed by atoms with Crippen LogP contribution in [-0.2, 0) is 0 Å². The molecule has 4 heteroatoms. The molecule has 1 fully saturated rings. The molecule has 3 nitrogen and oxygen atoms in total. The van der Waals surface area contributed by atoms with Crippen LogP contribution in [0.3, 0.4) is 0 Å². The number of para-hydroxylation sites is 1. The van der Waals surface area contributed by atoms with Crippen molar-refractivity contribution in [3.63, 3.8) is 0 Å². The smallest absolute Gasteiger partial charge is 0.138 e.